The molecule has 0 aromatic carbocycles. The van der Waals surface area contributed by atoms with Crippen LogP contribution >= 0.6 is 11.6 Å². The van der Waals surface area contributed by atoms with E-state index in [1.165, 1.54) is 13.0 Å². The number of hydrogen-bond donors (Lipinski definition) is 0. The summed E-state index contributed by atoms with van der Waals surface area (Å²) in [6.07, 6.45) is -3.38. The van der Waals surface area contributed by atoms with E-state index >= 15 is 0 Å². The van der Waals surface area contributed by atoms with E-state index in [0.717, 1.165) is 6.20 Å². The standard InChI is InChI=1S/C7H5ClF3N.C2H6/c1-4-2-3-12-6(5(4)8)7(9,10)11;1-2/h2-3H,1H3;1-2H3. The summed E-state index contributed by atoms with van der Waals surface area (Å²) in [5, 5.41) is -0.329. The molecule has 0 aliphatic heterocycles. The molecule has 80 valence electrons. The van der Waals surface area contributed by atoms with Crippen LogP contribution in [0.3, 0.4) is 0 Å². The van der Waals surface area contributed by atoms with Crippen LogP contribution in [-0.4, -0.2) is 4.98 Å². The van der Waals surface area contributed by atoms with Crippen LogP contribution < -0.4 is 0 Å². The molecule has 0 bridgehead atoms. The first-order valence-electron chi connectivity index (χ1n) is 4.11. The molecule has 1 heterocycles. The summed E-state index contributed by atoms with van der Waals surface area (Å²) in [5.41, 5.74) is -0.650. The monoisotopic (exact) mass is 225 g/mol. The van der Waals surface area contributed by atoms with E-state index in [-0.39, 0.29) is 5.02 Å². The van der Waals surface area contributed by atoms with Crippen molar-refractivity contribution in [2.75, 3.05) is 0 Å². The third-order valence-electron chi connectivity index (χ3n) is 1.35. The quantitative estimate of drug-likeness (QED) is 0.648. The highest BCUT2D eigenvalue weighted by molar-refractivity contribution is 6.32. The fraction of sp³-hybridized carbons (Fsp3) is 0.444. The third kappa shape index (κ3) is 3.18. The molecule has 0 aliphatic carbocycles. The van der Waals surface area contributed by atoms with Crippen LogP contribution in [0.15, 0.2) is 12.3 Å². The maximum absolute atomic E-state index is 12.1. The summed E-state index contributed by atoms with van der Waals surface area (Å²) < 4.78 is 36.2. The number of halogens is 4. The average Bonchev–Trinajstić information content (AvgIpc) is 2.11. The largest absolute Gasteiger partial charge is 0.434 e. The van der Waals surface area contributed by atoms with Crippen molar-refractivity contribution >= 4 is 11.6 Å². The van der Waals surface area contributed by atoms with Crippen molar-refractivity contribution in [1.29, 1.82) is 0 Å². The molecule has 0 amide bonds. The maximum atomic E-state index is 12.1. The van der Waals surface area contributed by atoms with E-state index in [4.69, 9.17) is 11.6 Å². The van der Waals surface area contributed by atoms with E-state index < -0.39 is 11.9 Å². The van der Waals surface area contributed by atoms with E-state index in [2.05, 4.69) is 4.98 Å². The van der Waals surface area contributed by atoms with Gasteiger partial charge in [-0.1, -0.05) is 25.4 Å². The van der Waals surface area contributed by atoms with Gasteiger partial charge in [-0.25, -0.2) is 0 Å². The molecule has 0 N–H and O–H groups in total. The fourth-order valence-corrected chi connectivity index (χ4v) is 0.957. The molecular formula is C9H11ClF3N. The van der Waals surface area contributed by atoms with Crippen LogP contribution in [0.1, 0.15) is 25.1 Å². The fourth-order valence-electron chi connectivity index (χ4n) is 0.738. The number of pyridine rings is 1. The Balaban J connectivity index is 0.000000791. The van der Waals surface area contributed by atoms with Crippen LogP contribution in [0.2, 0.25) is 5.02 Å². The zero-order valence-electron chi connectivity index (χ0n) is 8.11. The Kier molecular flexibility index (Phi) is 4.91. The summed E-state index contributed by atoms with van der Waals surface area (Å²) in [4.78, 5) is 3.15. The van der Waals surface area contributed by atoms with E-state index in [1.807, 2.05) is 13.8 Å². The Morgan fingerprint density at radius 2 is 1.79 bits per heavy atom. The van der Waals surface area contributed by atoms with E-state index in [9.17, 15) is 13.2 Å². The molecule has 0 atom stereocenters. The van der Waals surface area contributed by atoms with Crippen molar-refractivity contribution in [1.82, 2.24) is 4.98 Å². The third-order valence-corrected chi connectivity index (χ3v) is 1.83. The predicted octanol–water partition coefficient (Wildman–Crippen LogP) is 4.09. The van der Waals surface area contributed by atoms with Gasteiger partial charge in [0.2, 0.25) is 0 Å². The Hall–Kier alpha value is -0.770. The van der Waals surface area contributed by atoms with Gasteiger partial charge in [0.1, 0.15) is 0 Å². The number of alkyl halides is 3. The second kappa shape index (κ2) is 5.20. The summed E-state index contributed by atoms with van der Waals surface area (Å²) in [7, 11) is 0. The predicted molar refractivity (Wildman–Crippen MR) is 50.3 cm³/mol. The van der Waals surface area contributed by atoms with Crippen LogP contribution in [-0.2, 0) is 6.18 Å². The Morgan fingerprint density at radius 3 is 2.14 bits per heavy atom. The number of rotatable bonds is 0. The average molecular weight is 226 g/mol. The smallest absolute Gasteiger partial charge is 0.250 e. The van der Waals surface area contributed by atoms with Gasteiger partial charge in [0.15, 0.2) is 5.69 Å². The van der Waals surface area contributed by atoms with Gasteiger partial charge in [-0.3, -0.25) is 4.98 Å². The molecule has 1 aromatic heterocycles. The number of aryl methyl sites for hydroxylation is 1. The van der Waals surface area contributed by atoms with Crippen molar-refractivity contribution in [3.63, 3.8) is 0 Å². The van der Waals surface area contributed by atoms with Crippen molar-refractivity contribution in [3.8, 4) is 0 Å². The Bertz CT molecular complexity index is 297. The first-order valence-corrected chi connectivity index (χ1v) is 4.49. The molecule has 1 aromatic rings. The van der Waals surface area contributed by atoms with Gasteiger partial charge in [-0.05, 0) is 18.6 Å². The van der Waals surface area contributed by atoms with Gasteiger partial charge in [0, 0.05) is 6.20 Å². The lowest BCUT2D eigenvalue weighted by Crippen LogP contribution is -2.09. The highest BCUT2D eigenvalue weighted by Crippen LogP contribution is 2.33. The Morgan fingerprint density at radius 1 is 1.29 bits per heavy atom. The molecule has 0 unspecified atom stereocenters. The molecule has 0 spiro atoms. The molecule has 0 saturated heterocycles. The number of aromatic nitrogens is 1. The number of nitrogens with zero attached hydrogens (tertiary/aromatic N) is 1. The molecule has 5 heteroatoms. The van der Waals surface area contributed by atoms with Crippen LogP contribution in [0.4, 0.5) is 13.2 Å². The minimum absolute atomic E-state index is 0.329. The first-order chi connectivity index (χ1) is 6.43. The lowest BCUT2D eigenvalue weighted by atomic mass is 10.2. The Labute approximate surface area is 85.9 Å². The van der Waals surface area contributed by atoms with Crippen molar-refractivity contribution < 1.29 is 13.2 Å². The first kappa shape index (κ1) is 13.2. The van der Waals surface area contributed by atoms with Crippen molar-refractivity contribution in [3.05, 3.63) is 28.5 Å². The maximum Gasteiger partial charge on any atom is 0.434 e. The van der Waals surface area contributed by atoms with Gasteiger partial charge in [-0.2, -0.15) is 13.2 Å². The zero-order valence-corrected chi connectivity index (χ0v) is 8.87. The summed E-state index contributed by atoms with van der Waals surface area (Å²) in [6.45, 7) is 5.50. The van der Waals surface area contributed by atoms with E-state index in [1.54, 1.807) is 0 Å². The second-order valence-corrected chi connectivity index (χ2v) is 2.67. The van der Waals surface area contributed by atoms with Crippen LogP contribution in [0, 0.1) is 6.92 Å². The normalized spacial score (nSPS) is 10.5. The summed E-state index contributed by atoms with van der Waals surface area (Å²) in [5.74, 6) is 0. The zero-order chi connectivity index (χ0) is 11.4. The second-order valence-electron chi connectivity index (χ2n) is 2.29. The van der Waals surface area contributed by atoms with Gasteiger partial charge in [-0.15, -0.1) is 0 Å². The highest BCUT2D eigenvalue weighted by atomic mass is 35.5. The lowest BCUT2D eigenvalue weighted by Gasteiger charge is -2.08. The minimum atomic E-state index is -4.47. The lowest BCUT2D eigenvalue weighted by molar-refractivity contribution is -0.141. The molecule has 14 heavy (non-hydrogen) atoms. The van der Waals surface area contributed by atoms with Gasteiger partial charge >= 0.3 is 6.18 Å². The van der Waals surface area contributed by atoms with Gasteiger partial charge in [0.05, 0.1) is 5.02 Å². The SMILES string of the molecule is CC.Cc1ccnc(C(F)(F)F)c1Cl. The minimum Gasteiger partial charge on any atom is -0.250 e. The van der Waals surface area contributed by atoms with E-state index in [0.29, 0.717) is 5.56 Å². The molecule has 1 rings (SSSR count). The van der Waals surface area contributed by atoms with Crippen LogP contribution in [0.25, 0.3) is 0 Å². The molecule has 0 saturated carbocycles. The number of hydrogen-bond acceptors (Lipinski definition) is 1. The summed E-state index contributed by atoms with van der Waals surface area (Å²) >= 11 is 5.40. The summed E-state index contributed by atoms with van der Waals surface area (Å²) in [6, 6.07) is 1.43. The van der Waals surface area contributed by atoms with Crippen LogP contribution in [0.5, 0.6) is 0 Å². The molecule has 0 aliphatic rings. The molecule has 1 nitrogen and oxygen atoms in total. The van der Waals surface area contributed by atoms with Crippen molar-refractivity contribution in [2.24, 2.45) is 0 Å². The van der Waals surface area contributed by atoms with Crippen molar-refractivity contribution in [2.45, 2.75) is 26.9 Å². The molecular weight excluding hydrogens is 215 g/mol. The topological polar surface area (TPSA) is 12.9 Å². The van der Waals surface area contributed by atoms with Gasteiger partial charge in [0.25, 0.3) is 0 Å². The molecule has 0 radical (unpaired) electrons. The van der Waals surface area contributed by atoms with Gasteiger partial charge < -0.3 is 0 Å². The molecule has 0 fully saturated rings. The highest BCUT2D eigenvalue weighted by Gasteiger charge is 2.35.